The van der Waals surface area contributed by atoms with Gasteiger partial charge in [-0.1, -0.05) is 0 Å². The number of hydrogen-bond donors (Lipinski definition) is 2. The van der Waals surface area contributed by atoms with Gasteiger partial charge in [-0.05, 0) is 79.2 Å². The Balaban J connectivity index is 1.61. The first-order chi connectivity index (χ1) is 16.4. The summed E-state index contributed by atoms with van der Waals surface area (Å²) in [5.74, 6) is 1.27. The van der Waals surface area contributed by atoms with Crippen molar-refractivity contribution >= 4 is 27.8 Å². The van der Waals surface area contributed by atoms with Crippen LogP contribution in [0.5, 0.6) is 17.2 Å². The SMILES string of the molecule is CCOc1ccc(S(=O)(=O)Nc2ccc(C(=O)N/N=C/c3ccc(OC)c(OC)c3)cc2)cc1. The van der Waals surface area contributed by atoms with Crippen LogP contribution in [0.25, 0.3) is 0 Å². The largest absolute Gasteiger partial charge is 0.494 e. The third-order valence-corrected chi connectivity index (χ3v) is 6.03. The summed E-state index contributed by atoms with van der Waals surface area (Å²) in [7, 11) is -0.709. The van der Waals surface area contributed by atoms with Gasteiger partial charge in [0.05, 0.1) is 31.9 Å². The molecule has 0 aliphatic rings. The molecular formula is C24H25N3O6S. The molecule has 0 bridgehead atoms. The second-order valence-electron chi connectivity index (χ2n) is 6.90. The summed E-state index contributed by atoms with van der Waals surface area (Å²) < 4.78 is 43.4. The highest BCUT2D eigenvalue weighted by Crippen LogP contribution is 2.26. The van der Waals surface area contributed by atoms with Gasteiger partial charge in [0.15, 0.2) is 11.5 Å². The zero-order chi connectivity index (χ0) is 24.6. The van der Waals surface area contributed by atoms with Crippen molar-refractivity contribution < 1.29 is 27.4 Å². The number of sulfonamides is 1. The number of methoxy groups -OCH3 is 2. The predicted octanol–water partition coefficient (Wildman–Crippen LogP) is 3.67. The number of carbonyl (C=O) groups excluding carboxylic acids is 1. The maximum atomic E-state index is 12.6. The highest BCUT2D eigenvalue weighted by Gasteiger charge is 2.15. The molecular weight excluding hydrogens is 458 g/mol. The van der Waals surface area contributed by atoms with Crippen molar-refractivity contribution in [3.05, 3.63) is 77.9 Å². The van der Waals surface area contributed by atoms with Crippen LogP contribution >= 0.6 is 0 Å². The third-order valence-electron chi connectivity index (χ3n) is 4.63. The second kappa shape index (κ2) is 11.2. The Bertz CT molecular complexity index is 1260. The number of carbonyl (C=O) groups is 1. The van der Waals surface area contributed by atoms with Crippen LogP contribution in [0.1, 0.15) is 22.8 Å². The quantitative estimate of drug-likeness (QED) is 0.336. The van der Waals surface area contributed by atoms with E-state index in [-0.39, 0.29) is 4.90 Å². The van der Waals surface area contributed by atoms with Gasteiger partial charge in [-0.15, -0.1) is 0 Å². The average molecular weight is 484 g/mol. The molecule has 0 aromatic heterocycles. The molecule has 9 nitrogen and oxygen atoms in total. The van der Waals surface area contributed by atoms with Crippen molar-refractivity contribution in [1.82, 2.24) is 5.43 Å². The summed E-state index contributed by atoms with van der Waals surface area (Å²) in [5.41, 5.74) is 3.77. The van der Waals surface area contributed by atoms with Gasteiger partial charge in [-0.2, -0.15) is 5.10 Å². The van der Waals surface area contributed by atoms with Crippen molar-refractivity contribution in [2.45, 2.75) is 11.8 Å². The van der Waals surface area contributed by atoms with E-state index in [2.05, 4.69) is 15.2 Å². The van der Waals surface area contributed by atoms with Gasteiger partial charge in [-0.25, -0.2) is 13.8 Å². The summed E-state index contributed by atoms with van der Waals surface area (Å²) in [6.07, 6.45) is 1.47. The molecule has 0 saturated carbocycles. The molecule has 0 heterocycles. The van der Waals surface area contributed by atoms with Crippen molar-refractivity contribution in [1.29, 1.82) is 0 Å². The van der Waals surface area contributed by atoms with E-state index in [9.17, 15) is 13.2 Å². The first-order valence-corrected chi connectivity index (χ1v) is 11.8. The molecule has 0 radical (unpaired) electrons. The fraction of sp³-hybridized carbons (Fsp3) is 0.167. The standard InChI is InChI=1S/C24H25N3O6S/c1-4-33-20-10-12-21(13-11-20)34(29,30)27-19-8-6-18(7-9-19)24(28)26-25-16-17-5-14-22(31-2)23(15-17)32-3/h5-16,27H,4H2,1-3H3,(H,26,28)/b25-16+. The molecule has 0 spiro atoms. The number of anilines is 1. The van der Waals surface area contributed by atoms with E-state index in [0.717, 1.165) is 0 Å². The van der Waals surface area contributed by atoms with Crippen LogP contribution < -0.4 is 24.4 Å². The number of hydrazone groups is 1. The third kappa shape index (κ3) is 6.26. The molecule has 10 heteroatoms. The molecule has 0 aliphatic heterocycles. The Hall–Kier alpha value is -4.05. The number of nitrogens with one attached hydrogen (secondary N) is 2. The predicted molar refractivity (Wildman–Crippen MR) is 129 cm³/mol. The molecule has 178 valence electrons. The van der Waals surface area contributed by atoms with Crippen LogP contribution in [-0.4, -0.2) is 41.4 Å². The minimum absolute atomic E-state index is 0.0993. The van der Waals surface area contributed by atoms with Gasteiger partial charge in [0, 0.05) is 11.3 Å². The van der Waals surface area contributed by atoms with Gasteiger partial charge in [0.25, 0.3) is 15.9 Å². The zero-order valence-corrected chi connectivity index (χ0v) is 19.8. The summed E-state index contributed by atoms with van der Waals surface area (Å²) >= 11 is 0. The van der Waals surface area contributed by atoms with Crippen molar-refractivity contribution in [2.24, 2.45) is 5.10 Å². The molecule has 1 amide bonds. The first kappa shape index (κ1) is 24.6. The summed E-state index contributed by atoms with van der Waals surface area (Å²) in [6, 6.07) is 17.3. The molecule has 3 aromatic rings. The topological polar surface area (TPSA) is 115 Å². The molecule has 0 unspecified atom stereocenters. The fourth-order valence-electron chi connectivity index (χ4n) is 2.95. The van der Waals surface area contributed by atoms with Crippen LogP contribution in [0.2, 0.25) is 0 Å². The molecule has 3 aromatic carbocycles. The lowest BCUT2D eigenvalue weighted by Gasteiger charge is -2.10. The van der Waals surface area contributed by atoms with Crippen LogP contribution in [0.15, 0.2) is 76.7 Å². The highest BCUT2D eigenvalue weighted by molar-refractivity contribution is 7.92. The Morgan fingerprint density at radius 3 is 2.24 bits per heavy atom. The maximum Gasteiger partial charge on any atom is 0.271 e. The average Bonchev–Trinajstić information content (AvgIpc) is 2.84. The van der Waals surface area contributed by atoms with Crippen molar-refractivity contribution in [3.63, 3.8) is 0 Å². The Morgan fingerprint density at radius 1 is 0.941 bits per heavy atom. The summed E-state index contributed by atoms with van der Waals surface area (Å²) in [6.45, 7) is 2.34. The summed E-state index contributed by atoms with van der Waals surface area (Å²) in [5, 5.41) is 3.95. The first-order valence-electron chi connectivity index (χ1n) is 10.3. The van der Waals surface area contributed by atoms with E-state index in [1.54, 1.807) is 37.4 Å². The Morgan fingerprint density at radius 2 is 1.62 bits per heavy atom. The molecule has 0 saturated heterocycles. The van der Waals surface area contributed by atoms with E-state index >= 15 is 0 Å². The Kier molecular flexibility index (Phi) is 8.10. The maximum absolute atomic E-state index is 12.6. The van der Waals surface area contributed by atoms with E-state index < -0.39 is 15.9 Å². The normalized spacial score (nSPS) is 11.1. The molecule has 2 N–H and O–H groups in total. The van der Waals surface area contributed by atoms with Gasteiger partial charge < -0.3 is 14.2 Å². The summed E-state index contributed by atoms with van der Waals surface area (Å²) in [4.78, 5) is 12.4. The molecule has 0 fully saturated rings. The number of amides is 1. The lowest BCUT2D eigenvalue weighted by molar-refractivity contribution is 0.0955. The van der Waals surface area contributed by atoms with E-state index in [1.807, 2.05) is 6.92 Å². The van der Waals surface area contributed by atoms with Crippen molar-refractivity contribution in [3.8, 4) is 17.2 Å². The van der Waals surface area contributed by atoms with E-state index in [4.69, 9.17) is 14.2 Å². The monoisotopic (exact) mass is 483 g/mol. The minimum Gasteiger partial charge on any atom is -0.494 e. The van der Waals surface area contributed by atoms with Gasteiger partial charge in [0.2, 0.25) is 0 Å². The van der Waals surface area contributed by atoms with Crippen LogP contribution in [0.4, 0.5) is 5.69 Å². The second-order valence-corrected chi connectivity index (χ2v) is 8.58. The van der Waals surface area contributed by atoms with Gasteiger partial charge >= 0.3 is 0 Å². The highest BCUT2D eigenvalue weighted by atomic mass is 32.2. The van der Waals surface area contributed by atoms with E-state index in [0.29, 0.717) is 40.7 Å². The Labute approximate surface area is 198 Å². The van der Waals surface area contributed by atoms with Crippen molar-refractivity contribution in [2.75, 3.05) is 25.5 Å². The zero-order valence-electron chi connectivity index (χ0n) is 18.9. The number of benzene rings is 3. The van der Waals surface area contributed by atoms with Crippen LogP contribution in [0, 0.1) is 0 Å². The smallest absolute Gasteiger partial charge is 0.271 e. The molecule has 0 atom stereocenters. The number of nitrogens with zero attached hydrogens (tertiary/aromatic N) is 1. The molecule has 34 heavy (non-hydrogen) atoms. The molecule has 0 aliphatic carbocycles. The number of hydrogen-bond acceptors (Lipinski definition) is 7. The van der Waals surface area contributed by atoms with E-state index in [1.165, 1.54) is 49.7 Å². The fourth-order valence-corrected chi connectivity index (χ4v) is 4.01. The van der Waals surface area contributed by atoms with Gasteiger partial charge in [0.1, 0.15) is 5.75 Å². The number of rotatable bonds is 10. The lowest BCUT2D eigenvalue weighted by Crippen LogP contribution is -2.18. The van der Waals surface area contributed by atoms with Crippen LogP contribution in [0.3, 0.4) is 0 Å². The van der Waals surface area contributed by atoms with Crippen LogP contribution in [-0.2, 0) is 10.0 Å². The lowest BCUT2D eigenvalue weighted by atomic mass is 10.2. The minimum atomic E-state index is -3.78. The van der Waals surface area contributed by atoms with Gasteiger partial charge in [-0.3, -0.25) is 9.52 Å². The number of ether oxygens (including phenoxy) is 3. The molecule has 3 rings (SSSR count).